The van der Waals surface area contributed by atoms with Gasteiger partial charge in [-0.1, -0.05) is 11.6 Å². The molecule has 2 rings (SSSR count). The van der Waals surface area contributed by atoms with E-state index in [0.717, 1.165) is 11.3 Å². The van der Waals surface area contributed by atoms with E-state index in [1.54, 1.807) is 18.2 Å². The fraction of sp³-hybridized carbons (Fsp3) is 0. The lowest BCUT2D eigenvalue weighted by Crippen LogP contribution is -1.65. The Hall–Kier alpha value is -0.800. The maximum Gasteiger partial charge on any atom is 0.219 e. The van der Waals surface area contributed by atoms with Crippen molar-refractivity contribution in [3.05, 3.63) is 28.4 Å². The first-order chi connectivity index (χ1) is 5.68. The molecule has 0 spiro atoms. The van der Waals surface area contributed by atoms with Gasteiger partial charge in [0.05, 0.1) is 0 Å². The number of aromatic hydroxyl groups is 1. The fourth-order valence-corrected chi connectivity index (χ4v) is 2.12. The summed E-state index contributed by atoms with van der Waals surface area (Å²) < 4.78 is 13.5. The van der Waals surface area contributed by atoms with Crippen LogP contribution in [0.5, 0.6) is 5.75 Å². The first-order valence-corrected chi connectivity index (χ1v) is 4.44. The first-order valence-electron chi connectivity index (χ1n) is 3.25. The smallest absolute Gasteiger partial charge is 0.219 e. The Kier molecular flexibility index (Phi) is 1.70. The second-order valence-electron chi connectivity index (χ2n) is 2.36. The molecule has 62 valence electrons. The summed E-state index contributed by atoms with van der Waals surface area (Å²) >= 11 is 6.57. The van der Waals surface area contributed by atoms with Crippen LogP contribution in [0.25, 0.3) is 10.1 Å². The van der Waals surface area contributed by atoms with E-state index in [2.05, 4.69) is 0 Å². The van der Waals surface area contributed by atoms with Gasteiger partial charge >= 0.3 is 0 Å². The van der Waals surface area contributed by atoms with Gasteiger partial charge in [0.15, 0.2) is 5.75 Å². The van der Waals surface area contributed by atoms with Crippen molar-refractivity contribution in [2.24, 2.45) is 0 Å². The summed E-state index contributed by atoms with van der Waals surface area (Å²) in [5.74, 6) is -0.285. The molecule has 0 aliphatic heterocycles. The number of halogens is 2. The Labute approximate surface area is 77.0 Å². The molecule has 0 unspecified atom stereocenters. The van der Waals surface area contributed by atoms with Gasteiger partial charge in [0.25, 0.3) is 0 Å². The molecule has 0 fully saturated rings. The second kappa shape index (κ2) is 2.61. The molecule has 0 saturated heterocycles. The number of thiophene rings is 1. The lowest BCUT2D eigenvalue weighted by molar-refractivity contribution is 0.448. The Morgan fingerprint density at radius 1 is 1.42 bits per heavy atom. The van der Waals surface area contributed by atoms with Crippen molar-refractivity contribution in [3.63, 3.8) is 0 Å². The van der Waals surface area contributed by atoms with Gasteiger partial charge in [-0.15, -0.1) is 11.3 Å². The third-order valence-corrected chi connectivity index (χ3v) is 2.75. The van der Waals surface area contributed by atoms with E-state index >= 15 is 0 Å². The van der Waals surface area contributed by atoms with Crippen LogP contribution >= 0.6 is 22.9 Å². The van der Waals surface area contributed by atoms with Gasteiger partial charge in [-0.3, -0.25) is 0 Å². The summed E-state index contributed by atoms with van der Waals surface area (Å²) in [6, 6.07) is 4.85. The normalized spacial score (nSPS) is 10.8. The van der Waals surface area contributed by atoms with Crippen LogP contribution in [0.2, 0.25) is 5.02 Å². The highest BCUT2D eigenvalue weighted by Crippen LogP contribution is 2.36. The molecule has 12 heavy (non-hydrogen) atoms. The van der Waals surface area contributed by atoms with Crippen LogP contribution in [0.15, 0.2) is 18.2 Å². The summed E-state index contributed by atoms with van der Waals surface area (Å²) in [6.45, 7) is 0. The molecular weight excluding hydrogens is 199 g/mol. The molecule has 4 heteroatoms. The molecule has 0 aliphatic rings. The van der Waals surface area contributed by atoms with Crippen molar-refractivity contribution in [2.75, 3.05) is 0 Å². The van der Waals surface area contributed by atoms with E-state index in [4.69, 9.17) is 11.6 Å². The lowest BCUT2D eigenvalue weighted by Gasteiger charge is -1.89. The second-order valence-corrected chi connectivity index (χ2v) is 3.80. The van der Waals surface area contributed by atoms with Crippen molar-refractivity contribution in [1.29, 1.82) is 0 Å². The van der Waals surface area contributed by atoms with E-state index in [1.807, 2.05) is 0 Å². The lowest BCUT2D eigenvalue weighted by atomic mass is 10.2. The molecule has 1 heterocycles. The quantitative estimate of drug-likeness (QED) is 0.694. The molecule has 0 saturated carbocycles. The van der Waals surface area contributed by atoms with Crippen LogP contribution in [0, 0.1) is 5.13 Å². The van der Waals surface area contributed by atoms with Crippen LogP contribution in [0.4, 0.5) is 4.39 Å². The van der Waals surface area contributed by atoms with Crippen molar-refractivity contribution in [3.8, 4) is 5.75 Å². The number of hydrogen-bond acceptors (Lipinski definition) is 2. The predicted molar refractivity (Wildman–Crippen MR) is 48.5 cm³/mol. The average Bonchev–Trinajstić information content (AvgIpc) is 2.28. The molecule has 0 aliphatic carbocycles. The van der Waals surface area contributed by atoms with E-state index in [9.17, 15) is 9.50 Å². The fourth-order valence-electron chi connectivity index (χ4n) is 1.03. The molecule has 0 radical (unpaired) electrons. The zero-order chi connectivity index (χ0) is 8.72. The Morgan fingerprint density at radius 3 is 2.92 bits per heavy atom. The van der Waals surface area contributed by atoms with Crippen LogP contribution in [0.1, 0.15) is 0 Å². The van der Waals surface area contributed by atoms with Crippen LogP contribution < -0.4 is 0 Å². The number of fused-ring (bicyclic) bond motifs is 1. The van der Waals surface area contributed by atoms with E-state index < -0.39 is 5.13 Å². The molecule has 1 aromatic heterocycles. The number of hydrogen-bond donors (Lipinski definition) is 1. The van der Waals surface area contributed by atoms with Crippen LogP contribution in [-0.2, 0) is 0 Å². The summed E-state index contributed by atoms with van der Waals surface area (Å²) in [7, 11) is 0. The minimum Gasteiger partial charge on any atom is -0.504 e. The highest BCUT2D eigenvalue weighted by Gasteiger charge is 2.09. The van der Waals surface area contributed by atoms with Crippen molar-refractivity contribution in [1.82, 2.24) is 0 Å². The van der Waals surface area contributed by atoms with Crippen molar-refractivity contribution < 1.29 is 9.50 Å². The largest absolute Gasteiger partial charge is 0.504 e. The first kappa shape index (κ1) is 7.83. The molecule has 0 amide bonds. The third-order valence-electron chi connectivity index (χ3n) is 1.58. The standard InChI is InChI=1S/C8H4ClFOS/c9-4-1-2-5-6(3-4)12-8(10)7(5)11/h1-3,11H. The van der Waals surface area contributed by atoms with E-state index in [0.29, 0.717) is 15.1 Å². The maximum absolute atomic E-state index is 12.8. The predicted octanol–water partition coefficient (Wildman–Crippen LogP) is 3.40. The summed E-state index contributed by atoms with van der Waals surface area (Å²) in [5, 5.41) is 9.68. The monoisotopic (exact) mass is 202 g/mol. The third kappa shape index (κ3) is 1.06. The molecule has 0 bridgehead atoms. The molecule has 1 aromatic carbocycles. The average molecular weight is 203 g/mol. The molecule has 1 nitrogen and oxygen atoms in total. The highest BCUT2D eigenvalue weighted by atomic mass is 35.5. The molecular formula is C8H4ClFOS. The minimum absolute atomic E-state index is 0.285. The van der Waals surface area contributed by atoms with E-state index in [-0.39, 0.29) is 5.75 Å². The summed E-state index contributed by atoms with van der Waals surface area (Å²) in [4.78, 5) is 0. The van der Waals surface area contributed by atoms with Gasteiger partial charge < -0.3 is 5.11 Å². The Morgan fingerprint density at radius 2 is 2.17 bits per heavy atom. The number of benzene rings is 1. The minimum atomic E-state index is -0.563. The number of rotatable bonds is 0. The topological polar surface area (TPSA) is 20.2 Å². The van der Waals surface area contributed by atoms with Gasteiger partial charge in [-0.05, 0) is 18.2 Å². The molecule has 2 aromatic rings. The zero-order valence-corrected chi connectivity index (χ0v) is 7.42. The van der Waals surface area contributed by atoms with Gasteiger partial charge in [0.1, 0.15) is 0 Å². The van der Waals surface area contributed by atoms with Gasteiger partial charge in [0.2, 0.25) is 5.13 Å². The van der Waals surface area contributed by atoms with Gasteiger partial charge in [-0.25, -0.2) is 0 Å². The SMILES string of the molecule is Oc1c(F)sc2cc(Cl)ccc12. The molecule has 0 atom stereocenters. The maximum atomic E-state index is 12.8. The van der Waals surface area contributed by atoms with Gasteiger partial charge in [0, 0.05) is 15.1 Å². The van der Waals surface area contributed by atoms with Gasteiger partial charge in [-0.2, -0.15) is 4.39 Å². The zero-order valence-electron chi connectivity index (χ0n) is 5.84. The summed E-state index contributed by atoms with van der Waals surface area (Å²) in [6.07, 6.45) is 0. The summed E-state index contributed by atoms with van der Waals surface area (Å²) in [5.41, 5.74) is 0. The van der Waals surface area contributed by atoms with Crippen molar-refractivity contribution >= 4 is 33.0 Å². The Bertz CT molecular complexity index is 438. The molecule has 1 N–H and O–H groups in total. The van der Waals surface area contributed by atoms with Crippen molar-refractivity contribution in [2.45, 2.75) is 0 Å². The Balaban J connectivity index is 2.87. The highest BCUT2D eigenvalue weighted by molar-refractivity contribution is 7.18. The van der Waals surface area contributed by atoms with E-state index in [1.165, 1.54) is 0 Å². The van der Waals surface area contributed by atoms with Crippen LogP contribution in [0.3, 0.4) is 0 Å². The van der Waals surface area contributed by atoms with Crippen LogP contribution in [-0.4, -0.2) is 5.11 Å².